The molecule has 0 aliphatic heterocycles. The van der Waals surface area contributed by atoms with Crippen LogP contribution in [0.15, 0.2) is 35.4 Å². The first-order chi connectivity index (χ1) is 9.47. The van der Waals surface area contributed by atoms with E-state index >= 15 is 0 Å². The van der Waals surface area contributed by atoms with Crippen LogP contribution < -0.4 is 5.32 Å². The van der Waals surface area contributed by atoms with Crippen molar-refractivity contribution in [2.75, 3.05) is 6.54 Å². The molecule has 20 heavy (non-hydrogen) atoms. The molecular formula is C11H10ClN3O3S2. The summed E-state index contributed by atoms with van der Waals surface area (Å²) in [5.74, 6) is -0.222. The number of nitrogens with zero attached hydrogens (tertiary/aromatic N) is 2. The summed E-state index contributed by atoms with van der Waals surface area (Å²) in [7, 11) is 1.53. The van der Waals surface area contributed by atoms with E-state index in [4.69, 9.17) is 10.7 Å². The van der Waals surface area contributed by atoms with Gasteiger partial charge in [0.25, 0.3) is 15.0 Å². The number of halogens is 1. The van der Waals surface area contributed by atoms with Gasteiger partial charge in [0.1, 0.15) is 4.88 Å². The van der Waals surface area contributed by atoms with Crippen LogP contribution in [0.25, 0.3) is 0 Å². The summed E-state index contributed by atoms with van der Waals surface area (Å²) in [6.45, 7) is 0.434. The Morgan fingerprint density at radius 1 is 1.30 bits per heavy atom. The SMILES string of the molecule is O=C(NCCc1ccc(S(=O)(=O)Cl)cc1)c1cnns1. The third kappa shape index (κ3) is 3.99. The molecule has 0 bridgehead atoms. The summed E-state index contributed by atoms with van der Waals surface area (Å²) < 4.78 is 25.8. The van der Waals surface area contributed by atoms with Crippen molar-refractivity contribution < 1.29 is 13.2 Å². The van der Waals surface area contributed by atoms with Gasteiger partial charge in [-0.3, -0.25) is 4.79 Å². The van der Waals surface area contributed by atoms with Crippen LogP contribution in [0.2, 0.25) is 0 Å². The van der Waals surface area contributed by atoms with Gasteiger partial charge in [-0.2, -0.15) is 0 Å². The first-order valence-corrected chi connectivity index (χ1v) is 8.64. The molecule has 1 amide bonds. The fraction of sp³-hybridized carbons (Fsp3) is 0.182. The van der Waals surface area contributed by atoms with E-state index in [1.807, 2.05) is 0 Å². The molecule has 1 N–H and O–H groups in total. The van der Waals surface area contributed by atoms with Gasteiger partial charge in [0.05, 0.1) is 11.1 Å². The standard InChI is InChI=1S/C11H10ClN3O3S2/c12-20(17,18)9-3-1-8(2-4-9)5-6-13-11(16)10-7-14-15-19-10/h1-4,7H,5-6H2,(H,13,16). The minimum atomic E-state index is -3.69. The Kier molecular flexibility index (Phi) is 4.69. The Balaban J connectivity index is 1.87. The van der Waals surface area contributed by atoms with Crippen LogP contribution in [0.3, 0.4) is 0 Å². The van der Waals surface area contributed by atoms with Crippen molar-refractivity contribution in [1.82, 2.24) is 14.9 Å². The molecule has 1 aromatic heterocycles. The number of amides is 1. The number of hydrogen-bond donors (Lipinski definition) is 1. The van der Waals surface area contributed by atoms with Crippen molar-refractivity contribution >= 4 is 37.2 Å². The van der Waals surface area contributed by atoms with Gasteiger partial charge in [0.2, 0.25) is 0 Å². The summed E-state index contributed by atoms with van der Waals surface area (Å²) >= 11 is 1.03. The van der Waals surface area contributed by atoms with Crippen molar-refractivity contribution in [3.8, 4) is 0 Å². The molecule has 0 radical (unpaired) electrons. The Morgan fingerprint density at radius 2 is 2.00 bits per heavy atom. The maximum absolute atomic E-state index is 11.6. The van der Waals surface area contributed by atoms with E-state index in [2.05, 4.69) is 14.9 Å². The fourth-order valence-electron chi connectivity index (χ4n) is 1.49. The molecule has 2 aromatic rings. The van der Waals surface area contributed by atoms with E-state index in [1.165, 1.54) is 18.3 Å². The minimum absolute atomic E-state index is 0.0580. The first-order valence-electron chi connectivity index (χ1n) is 5.56. The number of nitrogens with one attached hydrogen (secondary N) is 1. The minimum Gasteiger partial charge on any atom is -0.351 e. The number of carbonyl (C=O) groups is 1. The molecule has 0 saturated carbocycles. The van der Waals surface area contributed by atoms with Gasteiger partial charge in [0.15, 0.2) is 0 Å². The lowest BCUT2D eigenvalue weighted by Gasteiger charge is -2.04. The normalized spacial score (nSPS) is 11.2. The van der Waals surface area contributed by atoms with Crippen LogP contribution in [0.5, 0.6) is 0 Å². The molecular weight excluding hydrogens is 322 g/mol. The van der Waals surface area contributed by atoms with Crippen molar-refractivity contribution in [2.24, 2.45) is 0 Å². The monoisotopic (exact) mass is 331 g/mol. The Hall–Kier alpha value is -1.51. The molecule has 0 aliphatic rings. The summed E-state index contributed by atoms with van der Waals surface area (Å²) in [4.78, 5) is 12.1. The number of hydrogen-bond acceptors (Lipinski definition) is 6. The molecule has 6 nitrogen and oxygen atoms in total. The zero-order valence-corrected chi connectivity index (χ0v) is 12.5. The highest BCUT2D eigenvalue weighted by Crippen LogP contribution is 2.15. The molecule has 0 aliphatic carbocycles. The Morgan fingerprint density at radius 3 is 2.55 bits per heavy atom. The van der Waals surface area contributed by atoms with Gasteiger partial charge in [-0.15, -0.1) is 5.10 Å². The average Bonchev–Trinajstić information content (AvgIpc) is 2.92. The van der Waals surface area contributed by atoms with Gasteiger partial charge < -0.3 is 5.32 Å². The summed E-state index contributed by atoms with van der Waals surface area (Å²) in [6, 6.07) is 6.20. The number of carbonyl (C=O) groups excluding carboxylic acids is 1. The molecule has 1 aromatic carbocycles. The molecule has 0 atom stereocenters. The molecule has 0 unspecified atom stereocenters. The highest BCUT2D eigenvalue weighted by Gasteiger charge is 2.10. The third-order valence-electron chi connectivity index (χ3n) is 2.49. The Bertz CT molecular complexity index is 684. The lowest BCUT2D eigenvalue weighted by molar-refractivity contribution is 0.0958. The Labute approximate surface area is 124 Å². The predicted molar refractivity (Wildman–Crippen MR) is 75.4 cm³/mol. The van der Waals surface area contributed by atoms with Crippen molar-refractivity contribution in [2.45, 2.75) is 11.3 Å². The average molecular weight is 332 g/mol. The highest BCUT2D eigenvalue weighted by atomic mass is 35.7. The second-order valence-electron chi connectivity index (χ2n) is 3.87. The lowest BCUT2D eigenvalue weighted by atomic mass is 10.1. The first kappa shape index (κ1) is 14.9. The zero-order chi connectivity index (χ0) is 14.6. The van der Waals surface area contributed by atoms with Gasteiger partial charge in [-0.1, -0.05) is 16.6 Å². The topological polar surface area (TPSA) is 89.0 Å². The van der Waals surface area contributed by atoms with Gasteiger partial charge in [-0.05, 0) is 35.6 Å². The van der Waals surface area contributed by atoms with Crippen molar-refractivity contribution in [1.29, 1.82) is 0 Å². The second-order valence-corrected chi connectivity index (χ2v) is 7.22. The van der Waals surface area contributed by atoms with Crippen LogP contribution in [-0.4, -0.2) is 30.5 Å². The molecule has 0 fully saturated rings. The highest BCUT2D eigenvalue weighted by molar-refractivity contribution is 8.13. The molecule has 2 rings (SSSR count). The molecule has 9 heteroatoms. The van der Waals surface area contributed by atoms with Crippen molar-refractivity contribution in [3.63, 3.8) is 0 Å². The molecule has 0 spiro atoms. The van der Waals surface area contributed by atoms with Crippen LogP contribution in [0, 0.1) is 0 Å². The summed E-state index contributed by atoms with van der Waals surface area (Å²) in [5, 5.41) is 6.31. The van der Waals surface area contributed by atoms with E-state index in [0.717, 1.165) is 17.1 Å². The lowest BCUT2D eigenvalue weighted by Crippen LogP contribution is -2.24. The van der Waals surface area contributed by atoms with Gasteiger partial charge >= 0.3 is 0 Å². The second kappa shape index (κ2) is 6.29. The van der Waals surface area contributed by atoms with Crippen molar-refractivity contribution in [3.05, 3.63) is 40.9 Å². The van der Waals surface area contributed by atoms with Crippen LogP contribution in [0.1, 0.15) is 15.2 Å². The number of aromatic nitrogens is 2. The van der Waals surface area contributed by atoms with Crippen LogP contribution in [0.4, 0.5) is 0 Å². The largest absolute Gasteiger partial charge is 0.351 e. The van der Waals surface area contributed by atoms with E-state index in [9.17, 15) is 13.2 Å². The summed E-state index contributed by atoms with van der Waals surface area (Å²) in [6.07, 6.45) is 1.99. The number of rotatable bonds is 5. The smallest absolute Gasteiger partial charge is 0.264 e. The maximum atomic E-state index is 11.6. The van der Waals surface area contributed by atoms with E-state index in [-0.39, 0.29) is 10.8 Å². The maximum Gasteiger partial charge on any atom is 0.264 e. The van der Waals surface area contributed by atoms with Gasteiger partial charge in [0, 0.05) is 17.2 Å². The number of benzene rings is 1. The van der Waals surface area contributed by atoms with Gasteiger partial charge in [-0.25, -0.2) is 8.42 Å². The molecule has 106 valence electrons. The van der Waals surface area contributed by atoms with E-state index in [1.54, 1.807) is 12.1 Å². The van der Waals surface area contributed by atoms with Crippen LogP contribution in [-0.2, 0) is 15.5 Å². The van der Waals surface area contributed by atoms with Crippen LogP contribution >= 0.6 is 22.2 Å². The summed E-state index contributed by atoms with van der Waals surface area (Å²) in [5.41, 5.74) is 0.900. The molecule has 0 saturated heterocycles. The van der Waals surface area contributed by atoms with E-state index in [0.29, 0.717) is 17.8 Å². The fourth-order valence-corrected chi connectivity index (χ4v) is 2.69. The predicted octanol–water partition coefficient (Wildman–Crippen LogP) is 1.44. The van der Waals surface area contributed by atoms with E-state index < -0.39 is 9.05 Å². The quantitative estimate of drug-likeness (QED) is 0.837. The zero-order valence-electron chi connectivity index (χ0n) is 10.1. The molecule has 1 heterocycles. The third-order valence-corrected chi connectivity index (χ3v) is 4.52.